The topological polar surface area (TPSA) is 80.0 Å². The van der Waals surface area contributed by atoms with Gasteiger partial charge in [0.2, 0.25) is 0 Å². The maximum Gasteiger partial charge on any atom is 0.335 e. The molecule has 2 N–H and O–H groups in total. The number of aryl methyl sites for hydroxylation is 1. The van der Waals surface area contributed by atoms with Gasteiger partial charge in [0.15, 0.2) is 0 Å². The van der Waals surface area contributed by atoms with Gasteiger partial charge >= 0.3 is 5.97 Å². The van der Waals surface area contributed by atoms with E-state index < -0.39 is 5.97 Å². The summed E-state index contributed by atoms with van der Waals surface area (Å²) in [5.41, 5.74) is 7.10. The largest absolute Gasteiger partial charge is 0.478 e. The molecule has 6 heteroatoms. The molecule has 1 aliphatic heterocycles. The number of benzene rings is 3. The Balaban J connectivity index is 1.44. The monoisotopic (exact) mass is 466 g/mol. The normalized spacial score (nSPS) is 14.2. The summed E-state index contributed by atoms with van der Waals surface area (Å²) in [5.74, 6) is -0.387. The Bertz CT molecular complexity index is 1300. The number of aromatic carboxylic acids is 1. The van der Waals surface area contributed by atoms with Crippen molar-refractivity contribution in [2.75, 3.05) is 13.1 Å². The Kier molecular flexibility index (Phi) is 6.73. The van der Waals surface area contributed by atoms with Crippen LogP contribution in [0.1, 0.15) is 53.6 Å². The molecular formula is C29H30N4O2. The van der Waals surface area contributed by atoms with Gasteiger partial charge in [0.05, 0.1) is 17.4 Å². The second-order valence-electron chi connectivity index (χ2n) is 9.22. The van der Waals surface area contributed by atoms with Crippen molar-refractivity contribution in [3.8, 4) is 28.1 Å². The highest BCUT2D eigenvalue weighted by atomic mass is 16.4. The molecule has 0 radical (unpaired) electrons. The molecule has 2 heterocycles. The number of piperidine rings is 1. The fourth-order valence-corrected chi connectivity index (χ4v) is 4.79. The number of hydrogen-bond donors (Lipinski definition) is 2. The van der Waals surface area contributed by atoms with E-state index in [1.165, 1.54) is 11.1 Å². The second-order valence-corrected chi connectivity index (χ2v) is 9.22. The van der Waals surface area contributed by atoms with Crippen molar-refractivity contribution in [3.05, 3.63) is 89.6 Å². The van der Waals surface area contributed by atoms with Crippen molar-refractivity contribution < 1.29 is 9.90 Å². The van der Waals surface area contributed by atoms with Crippen molar-refractivity contribution in [3.63, 3.8) is 0 Å². The van der Waals surface area contributed by atoms with Gasteiger partial charge in [0.1, 0.15) is 5.69 Å². The molecule has 6 nitrogen and oxygen atoms in total. The molecule has 1 saturated heterocycles. The zero-order valence-electron chi connectivity index (χ0n) is 19.9. The lowest BCUT2D eigenvalue weighted by Gasteiger charge is -2.23. The molecule has 4 aromatic rings. The molecule has 0 spiro atoms. The Labute approximate surface area is 205 Å². The molecule has 3 aromatic carbocycles. The van der Waals surface area contributed by atoms with E-state index in [4.69, 9.17) is 0 Å². The fraction of sp³-hybridized carbons (Fsp3) is 0.276. The van der Waals surface area contributed by atoms with E-state index in [-0.39, 0.29) is 5.56 Å². The van der Waals surface area contributed by atoms with Crippen LogP contribution < -0.4 is 5.32 Å². The number of carboxylic acid groups (broad SMARTS) is 1. The molecule has 0 bridgehead atoms. The van der Waals surface area contributed by atoms with E-state index in [0.717, 1.165) is 61.2 Å². The number of nitrogens with zero attached hydrogens (tertiary/aromatic N) is 3. The Hall–Kier alpha value is -3.77. The van der Waals surface area contributed by atoms with Crippen LogP contribution in [0.2, 0.25) is 0 Å². The maximum absolute atomic E-state index is 11.9. The van der Waals surface area contributed by atoms with E-state index in [0.29, 0.717) is 11.6 Å². The van der Waals surface area contributed by atoms with Gasteiger partial charge < -0.3 is 10.4 Å². The minimum atomic E-state index is -0.966. The Morgan fingerprint density at radius 1 is 0.971 bits per heavy atom. The van der Waals surface area contributed by atoms with Crippen LogP contribution in [0.4, 0.5) is 0 Å². The van der Waals surface area contributed by atoms with Gasteiger partial charge in [-0.15, -0.1) is 5.10 Å². The van der Waals surface area contributed by atoms with E-state index in [1.54, 1.807) is 16.8 Å². The van der Waals surface area contributed by atoms with Gasteiger partial charge in [-0.3, -0.25) is 0 Å². The number of nitrogens with one attached hydrogen (secondary N) is 1. The first-order chi connectivity index (χ1) is 17.1. The van der Waals surface area contributed by atoms with Crippen molar-refractivity contribution >= 4 is 5.97 Å². The minimum absolute atomic E-state index is 0.223. The molecule has 35 heavy (non-hydrogen) atoms. The summed E-state index contributed by atoms with van der Waals surface area (Å²) in [6, 6.07) is 22.2. The highest BCUT2D eigenvalue weighted by molar-refractivity contribution is 5.90. The lowest BCUT2D eigenvalue weighted by molar-refractivity contribution is 0.0697. The lowest BCUT2D eigenvalue weighted by Crippen LogP contribution is -2.26. The summed E-state index contributed by atoms with van der Waals surface area (Å²) in [6.45, 7) is 4.28. The van der Waals surface area contributed by atoms with E-state index >= 15 is 0 Å². The number of hydrogen-bond acceptors (Lipinski definition) is 4. The SMILES string of the molecule is CCCc1ccc(-c2cn(-c3cc(C(=O)O)cc(-c4ccc(C5CCNCC5)cc4)c3)nn2)cc1. The molecular weight excluding hydrogens is 436 g/mol. The highest BCUT2D eigenvalue weighted by Crippen LogP contribution is 2.30. The van der Waals surface area contributed by atoms with Crippen LogP contribution in [0.5, 0.6) is 0 Å². The third kappa shape index (κ3) is 5.17. The Morgan fingerprint density at radius 3 is 2.37 bits per heavy atom. The van der Waals surface area contributed by atoms with Gasteiger partial charge in [0, 0.05) is 5.56 Å². The van der Waals surface area contributed by atoms with Crippen molar-refractivity contribution in [1.82, 2.24) is 20.3 Å². The first kappa shape index (κ1) is 23.0. The summed E-state index contributed by atoms with van der Waals surface area (Å²) < 4.78 is 1.65. The zero-order valence-corrected chi connectivity index (χ0v) is 19.9. The average Bonchev–Trinajstić information content (AvgIpc) is 3.40. The molecule has 0 unspecified atom stereocenters. The average molecular weight is 467 g/mol. The van der Waals surface area contributed by atoms with Crippen LogP contribution in [-0.4, -0.2) is 39.2 Å². The van der Waals surface area contributed by atoms with Crippen LogP contribution in [-0.2, 0) is 6.42 Å². The zero-order chi connectivity index (χ0) is 24.2. The highest BCUT2D eigenvalue weighted by Gasteiger charge is 2.16. The molecule has 1 fully saturated rings. The summed E-state index contributed by atoms with van der Waals surface area (Å²) in [5, 5.41) is 21.8. The third-order valence-electron chi connectivity index (χ3n) is 6.77. The van der Waals surface area contributed by atoms with Gasteiger partial charge in [-0.1, -0.05) is 67.1 Å². The molecule has 1 aliphatic rings. The second kappa shape index (κ2) is 10.2. The fourth-order valence-electron chi connectivity index (χ4n) is 4.79. The van der Waals surface area contributed by atoms with Gasteiger partial charge in [-0.25, -0.2) is 9.48 Å². The van der Waals surface area contributed by atoms with Gasteiger partial charge in [0.25, 0.3) is 0 Å². The summed E-state index contributed by atoms with van der Waals surface area (Å²) in [6.07, 6.45) is 6.30. The smallest absolute Gasteiger partial charge is 0.335 e. The minimum Gasteiger partial charge on any atom is -0.478 e. The van der Waals surface area contributed by atoms with Gasteiger partial charge in [-0.05, 0) is 78.7 Å². The molecule has 178 valence electrons. The summed E-state index contributed by atoms with van der Waals surface area (Å²) in [7, 11) is 0. The summed E-state index contributed by atoms with van der Waals surface area (Å²) in [4.78, 5) is 11.9. The van der Waals surface area contributed by atoms with Crippen LogP contribution in [0.15, 0.2) is 72.9 Å². The molecule has 1 aromatic heterocycles. The number of carboxylic acids is 1. The molecule has 5 rings (SSSR count). The lowest BCUT2D eigenvalue weighted by atomic mass is 9.89. The molecule has 0 saturated carbocycles. The van der Waals surface area contributed by atoms with Crippen molar-refractivity contribution in [2.45, 2.75) is 38.5 Å². The molecule has 0 amide bonds. The van der Waals surface area contributed by atoms with Crippen LogP contribution >= 0.6 is 0 Å². The Morgan fingerprint density at radius 2 is 1.69 bits per heavy atom. The van der Waals surface area contributed by atoms with Crippen LogP contribution in [0, 0.1) is 0 Å². The van der Waals surface area contributed by atoms with E-state index in [9.17, 15) is 9.90 Å². The first-order valence-electron chi connectivity index (χ1n) is 12.3. The molecule has 0 aliphatic carbocycles. The van der Waals surface area contributed by atoms with E-state index in [1.807, 2.05) is 12.3 Å². The summed E-state index contributed by atoms with van der Waals surface area (Å²) >= 11 is 0. The standard InChI is InChI=1S/C29H30N4O2/c1-2-3-20-4-6-24(7-5-20)28-19-33(32-31-28)27-17-25(16-26(18-27)29(34)35)22-10-8-21(9-11-22)23-12-14-30-15-13-23/h4-11,16-19,23,30H,2-3,12-15H2,1H3,(H,34,35). The van der Waals surface area contributed by atoms with E-state index in [2.05, 4.69) is 71.1 Å². The van der Waals surface area contributed by atoms with Crippen molar-refractivity contribution in [2.24, 2.45) is 0 Å². The van der Waals surface area contributed by atoms with Crippen molar-refractivity contribution in [1.29, 1.82) is 0 Å². The first-order valence-corrected chi connectivity index (χ1v) is 12.3. The molecule has 0 atom stereocenters. The predicted molar refractivity (Wildman–Crippen MR) is 138 cm³/mol. The van der Waals surface area contributed by atoms with Crippen LogP contribution in [0.25, 0.3) is 28.1 Å². The third-order valence-corrected chi connectivity index (χ3v) is 6.77. The quantitative estimate of drug-likeness (QED) is 0.364. The number of carbonyl (C=O) groups is 1. The predicted octanol–water partition coefficient (Wildman–Crippen LogP) is 5.72. The number of aromatic nitrogens is 3. The maximum atomic E-state index is 11.9. The number of rotatable bonds is 7. The van der Waals surface area contributed by atoms with Gasteiger partial charge in [-0.2, -0.15) is 0 Å². The van der Waals surface area contributed by atoms with Crippen LogP contribution in [0.3, 0.4) is 0 Å².